The van der Waals surface area contributed by atoms with E-state index in [2.05, 4.69) is 15.5 Å². The molecule has 2 atom stereocenters. The van der Waals surface area contributed by atoms with Gasteiger partial charge in [0.2, 0.25) is 6.29 Å². The van der Waals surface area contributed by atoms with Crippen molar-refractivity contribution in [3.05, 3.63) is 0 Å². The first-order valence-electron chi connectivity index (χ1n) is 5.02. The maximum Gasteiger partial charge on any atom is 0.491 e. The molecule has 1 heterocycles. The molecule has 0 amide bonds. The van der Waals surface area contributed by atoms with Crippen LogP contribution in [0.3, 0.4) is 0 Å². The summed E-state index contributed by atoms with van der Waals surface area (Å²) in [7, 11) is 0. The average molecular weight is 274 g/mol. The minimum atomic E-state index is -5.22. The van der Waals surface area contributed by atoms with Gasteiger partial charge in [-0.15, -0.1) is 0 Å². The SMILES string of the molecule is O=C(OC(O)[C@H](O)CONC1CNC1)C(F)(F)F. The number of carbonyl (C=O) groups excluding carboxylic acids is 1. The van der Waals surface area contributed by atoms with E-state index >= 15 is 0 Å². The van der Waals surface area contributed by atoms with Crippen LogP contribution in [0, 0.1) is 0 Å². The summed E-state index contributed by atoms with van der Waals surface area (Å²) in [5, 5.41) is 21.1. The third-order valence-electron chi connectivity index (χ3n) is 2.07. The lowest BCUT2D eigenvalue weighted by Gasteiger charge is -2.28. The van der Waals surface area contributed by atoms with Gasteiger partial charge < -0.3 is 20.3 Å². The highest BCUT2D eigenvalue weighted by Gasteiger charge is 2.43. The minimum absolute atomic E-state index is 0.0343. The highest BCUT2D eigenvalue weighted by Crippen LogP contribution is 2.17. The molecule has 18 heavy (non-hydrogen) atoms. The summed E-state index contributed by atoms with van der Waals surface area (Å²) >= 11 is 0. The maximum atomic E-state index is 11.8. The van der Waals surface area contributed by atoms with Crippen molar-refractivity contribution in [2.24, 2.45) is 0 Å². The zero-order valence-corrected chi connectivity index (χ0v) is 9.11. The van der Waals surface area contributed by atoms with Crippen LogP contribution in [-0.4, -0.2) is 60.5 Å². The van der Waals surface area contributed by atoms with Crippen LogP contribution in [0.5, 0.6) is 0 Å². The normalized spacial score (nSPS) is 20.1. The molecular weight excluding hydrogens is 261 g/mol. The van der Waals surface area contributed by atoms with Gasteiger partial charge in [0.05, 0.1) is 6.04 Å². The lowest BCUT2D eigenvalue weighted by Crippen LogP contribution is -2.55. The molecule has 0 aromatic rings. The summed E-state index contributed by atoms with van der Waals surface area (Å²) in [4.78, 5) is 15.0. The molecule has 0 aromatic carbocycles. The van der Waals surface area contributed by atoms with E-state index in [9.17, 15) is 18.0 Å². The lowest BCUT2D eigenvalue weighted by atomic mass is 10.2. The van der Waals surface area contributed by atoms with Crippen molar-refractivity contribution in [3.8, 4) is 0 Å². The molecule has 4 N–H and O–H groups in total. The van der Waals surface area contributed by atoms with E-state index in [0.717, 1.165) is 0 Å². The van der Waals surface area contributed by atoms with E-state index in [0.29, 0.717) is 13.1 Å². The van der Waals surface area contributed by atoms with E-state index in [-0.39, 0.29) is 6.04 Å². The molecule has 1 aliphatic rings. The number of hydrogen-bond acceptors (Lipinski definition) is 7. The number of alkyl halides is 3. The first-order chi connectivity index (χ1) is 8.30. The molecule has 0 radical (unpaired) electrons. The Morgan fingerprint density at radius 2 is 2.06 bits per heavy atom. The van der Waals surface area contributed by atoms with Crippen molar-refractivity contribution >= 4 is 5.97 Å². The molecule has 0 spiro atoms. The number of hydroxylamine groups is 1. The highest BCUT2D eigenvalue weighted by atomic mass is 19.4. The second-order valence-electron chi connectivity index (χ2n) is 3.65. The first kappa shape index (κ1) is 15.1. The molecule has 0 aliphatic carbocycles. The Balaban J connectivity index is 2.19. The van der Waals surface area contributed by atoms with Gasteiger partial charge in [-0.2, -0.15) is 18.7 Å². The van der Waals surface area contributed by atoms with Crippen molar-refractivity contribution in [2.45, 2.75) is 24.6 Å². The van der Waals surface area contributed by atoms with Gasteiger partial charge in [-0.05, 0) is 0 Å². The standard InChI is InChI=1S/C8H13F3N2O5/c9-8(10,11)7(16)18-6(15)5(14)3-17-13-4-1-12-2-4/h4-6,12-15H,1-3H2/t5-,6?/m1/s1. The summed E-state index contributed by atoms with van der Waals surface area (Å²) in [6, 6.07) is 0.0343. The molecule has 1 aliphatic heterocycles. The van der Waals surface area contributed by atoms with Gasteiger partial charge in [-0.25, -0.2) is 4.79 Å². The fourth-order valence-electron chi connectivity index (χ4n) is 0.961. The smallest absolute Gasteiger partial charge is 0.426 e. The quantitative estimate of drug-likeness (QED) is 0.259. The van der Waals surface area contributed by atoms with E-state index in [1.807, 2.05) is 0 Å². The van der Waals surface area contributed by atoms with Gasteiger partial charge in [0.15, 0.2) is 0 Å². The van der Waals surface area contributed by atoms with Gasteiger partial charge in [0, 0.05) is 13.1 Å². The average Bonchev–Trinajstić information content (AvgIpc) is 2.19. The Morgan fingerprint density at radius 1 is 1.44 bits per heavy atom. The van der Waals surface area contributed by atoms with Crippen molar-refractivity contribution in [1.82, 2.24) is 10.8 Å². The van der Waals surface area contributed by atoms with Crippen LogP contribution >= 0.6 is 0 Å². The Kier molecular flexibility index (Phi) is 5.28. The van der Waals surface area contributed by atoms with Gasteiger partial charge in [0.25, 0.3) is 0 Å². The fraction of sp³-hybridized carbons (Fsp3) is 0.875. The molecule has 7 nitrogen and oxygen atoms in total. The van der Waals surface area contributed by atoms with Gasteiger partial charge in [-0.1, -0.05) is 0 Å². The van der Waals surface area contributed by atoms with Gasteiger partial charge in [0.1, 0.15) is 12.7 Å². The first-order valence-corrected chi connectivity index (χ1v) is 5.02. The van der Waals surface area contributed by atoms with E-state index in [4.69, 9.17) is 15.1 Å². The number of halogens is 3. The van der Waals surface area contributed by atoms with Crippen molar-refractivity contribution in [3.63, 3.8) is 0 Å². The molecule has 1 unspecified atom stereocenters. The van der Waals surface area contributed by atoms with Gasteiger partial charge >= 0.3 is 12.1 Å². The van der Waals surface area contributed by atoms with Crippen molar-refractivity contribution in [2.75, 3.05) is 19.7 Å². The number of aliphatic hydroxyl groups excluding tert-OH is 2. The summed E-state index contributed by atoms with van der Waals surface area (Å²) in [5.41, 5.74) is 2.49. The van der Waals surface area contributed by atoms with Crippen LogP contribution in [0.4, 0.5) is 13.2 Å². The number of esters is 1. The largest absolute Gasteiger partial charge is 0.491 e. The van der Waals surface area contributed by atoms with E-state index in [1.165, 1.54) is 0 Å². The third kappa shape index (κ3) is 4.74. The van der Waals surface area contributed by atoms with E-state index in [1.54, 1.807) is 0 Å². The lowest BCUT2D eigenvalue weighted by molar-refractivity contribution is -0.235. The number of rotatable bonds is 6. The summed E-state index contributed by atoms with van der Waals surface area (Å²) < 4.78 is 38.9. The molecule has 0 aromatic heterocycles. The van der Waals surface area contributed by atoms with Crippen LogP contribution in [-0.2, 0) is 14.4 Å². The maximum absolute atomic E-state index is 11.8. The summed E-state index contributed by atoms with van der Waals surface area (Å²) in [6.07, 6.45) is -9.31. The predicted molar refractivity (Wildman–Crippen MR) is 49.9 cm³/mol. The monoisotopic (exact) mass is 274 g/mol. The number of ether oxygens (including phenoxy) is 1. The zero-order chi connectivity index (χ0) is 13.8. The Labute approximate surface area is 99.8 Å². The van der Waals surface area contributed by atoms with Crippen molar-refractivity contribution < 1.29 is 37.8 Å². The van der Waals surface area contributed by atoms with Crippen LogP contribution in [0.15, 0.2) is 0 Å². The van der Waals surface area contributed by atoms with Crippen LogP contribution in [0.2, 0.25) is 0 Å². The highest BCUT2D eigenvalue weighted by molar-refractivity contribution is 5.75. The number of aliphatic hydroxyl groups is 2. The molecule has 1 fully saturated rings. The predicted octanol–water partition coefficient (Wildman–Crippen LogP) is -1.74. The Bertz CT molecular complexity index is 284. The zero-order valence-electron chi connectivity index (χ0n) is 9.11. The molecule has 106 valence electrons. The summed E-state index contributed by atoms with van der Waals surface area (Å²) in [6.45, 7) is 0.784. The Morgan fingerprint density at radius 3 is 2.50 bits per heavy atom. The third-order valence-corrected chi connectivity index (χ3v) is 2.07. The second-order valence-corrected chi connectivity index (χ2v) is 3.65. The molecular formula is C8H13F3N2O5. The molecule has 1 rings (SSSR count). The molecule has 1 saturated heterocycles. The molecule has 0 bridgehead atoms. The summed E-state index contributed by atoms with van der Waals surface area (Å²) in [5.74, 6) is -2.58. The van der Waals surface area contributed by atoms with Crippen LogP contribution in [0.25, 0.3) is 0 Å². The number of hydrogen-bond donors (Lipinski definition) is 4. The minimum Gasteiger partial charge on any atom is -0.426 e. The van der Waals surface area contributed by atoms with Crippen LogP contribution in [0.1, 0.15) is 0 Å². The molecule has 10 heteroatoms. The second kappa shape index (κ2) is 6.29. The number of nitrogens with one attached hydrogen (secondary N) is 2. The Hall–Kier alpha value is -0.940. The molecule has 0 saturated carbocycles. The fourth-order valence-corrected chi connectivity index (χ4v) is 0.961. The van der Waals surface area contributed by atoms with Crippen molar-refractivity contribution in [1.29, 1.82) is 0 Å². The van der Waals surface area contributed by atoms with E-state index < -0.39 is 31.1 Å². The van der Waals surface area contributed by atoms with Gasteiger partial charge in [-0.3, -0.25) is 4.84 Å². The number of carbonyl (C=O) groups is 1. The van der Waals surface area contributed by atoms with Crippen LogP contribution < -0.4 is 10.8 Å². The topological polar surface area (TPSA) is 100 Å².